The van der Waals surface area contributed by atoms with Crippen molar-refractivity contribution < 1.29 is 4.74 Å². The van der Waals surface area contributed by atoms with Gasteiger partial charge in [0, 0.05) is 19.6 Å². The Kier molecular flexibility index (Phi) is 6.25. The average molecular weight is 303 g/mol. The van der Waals surface area contributed by atoms with Crippen molar-refractivity contribution in [1.29, 1.82) is 0 Å². The quantitative estimate of drug-likeness (QED) is 0.686. The molecule has 0 aliphatic carbocycles. The highest BCUT2D eigenvalue weighted by Crippen LogP contribution is 2.25. The minimum atomic E-state index is 0.125. The first kappa shape index (κ1) is 16.8. The maximum absolute atomic E-state index is 6.02. The molecule has 0 bridgehead atoms. The number of rotatable bonds is 4. The van der Waals surface area contributed by atoms with Crippen LogP contribution in [0, 0.1) is 13.8 Å². The molecule has 0 amide bonds. The molecule has 1 fully saturated rings. The molecule has 4 nitrogen and oxygen atoms in total. The Morgan fingerprint density at radius 2 is 2.18 bits per heavy atom. The van der Waals surface area contributed by atoms with E-state index >= 15 is 0 Å². The molecule has 0 aromatic heterocycles. The van der Waals surface area contributed by atoms with Crippen molar-refractivity contribution in [2.45, 2.75) is 40.2 Å². The van der Waals surface area contributed by atoms with Gasteiger partial charge in [-0.3, -0.25) is 4.99 Å². The fraction of sp³-hybridized carbons (Fsp3) is 0.611. The standard InChI is InChI=1S/C18H29N3O/c1-5-9-20-18(19-6-2)21-10-11-22-17(13-21)16-8-7-14(3)12-15(16)4/h7-8,12,17H,5-6,9-11,13H2,1-4H3,(H,19,20). The van der Waals surface area contributed by atoms with Crippen molar-refractivity contribution in [1.82, 2.24) is 10.2 Å². The number of guanidine groups is 1. The molecule has 0 spiro atoms. The average Bonchev–Trinajstić information content (AvgIpc) is 2.51. The summed E-state index contributed by atoms with van der Waals surface area (Å²) in [6.45, 7) is 12.8. The largest absolute Gasteiger partial charge is 0.370 e. The summed E-state index contributed by atoms with van der Waals surface area (Å²) in [5.74, 6) is 1.02. The van der Waals surface area contributed by atoms with Gasteiger partial charge in [0.15, 0.2) is 5.96 Å². The van der Waals surface area contributed by atoms with Gasteiger partial charge in [-0.1, -0.05) is 30.7 Å². The third-order valence-electron chi connectivity index (χ3n) is 3.96. The van der Waals surface area contributed by atoms with Crippen LogP contribution in [0.25, 0.3) is 0 Å². The van der Waals surface area contributed by atoms with Gasteiger partial charge in [0.05, 0.1) is 13.2 Å². The van der Waals surface area contributed by atoms with Gasteiger partial charge in [-0.2, -0.15) is 0 Å². The molecule has 0 radical (unpaired) electrons. The number of nitrogens with one attached hydrogen (secondary N) is 1. The van der Waals surface area contributed by atoms with Crippen molar-refractivity contribution in [2.24, 2.45) is 4.99 Å². The second-order valence-electron chi connectivity index (χ2n) is 5.90. The maximum atomic E-state index is 6.02. The molecule has 1 unspecified atom stereocenters. The smallest absolute Gasteiger partial charge is 0.194 e. The summed E-state index contributed by atoms with van der Waals surface area (Å²) >= 11 is 0. The zero-order valence-corrected chi connectivity index (χ0v) is 14.4. The van der Waals surface area contributed by atoms with Crippen LogP contribution in [0.1, 0.15) is 43.1 Å². The van der Waals surface area contributed by atoms with Crippen molar-refractivity contribution in [3.05, 3.63) is 34.9 Å². The van der Waals surface area contributed by atoms with E-state index in [9.17, 15) is 0 Å². The molecule has 1 aromatic rings. The molecule has 2 rings (SSSR count). The number of hydrogen-bond acceptors (Lipinski definition) is 2. The second-order valence-corrected chi connectivity index (χ2v) is 5.90. The molecule has 1 N–H and O–H groups in total. The first-order chi connectivity index (χ1) is 10.7. The highest BCUT2D eigenvalue weighted by atomic mass is 16.5. The summed E-state index contributed by atoms with van der Waals surface area (Å²) < 4.78 is 6.02. The summed E-state index contributed by atoms with van der Waals surface area (Å²) in [7, 11) is 0. The van der Waals surface area contributed by atoms with Crippen molar-refractivity contribution in [3.8, 4) is 0 Å². The molecule has 4 heteroatoms. The van der Waals surface area contributed by atoms with Gasteiger partial charge < -0.3 is 15.0 Å². The molecule has 1 saturated heterocycles. The molecule has 1 atom stereocenters. The van der Waals surface area contributed by atoms with Crippen molar-refractivity contribution in [3.63, 3.8) is 0 Å². The molecule has 1 aliphatic rings. The highest BCUT2D eigenvalue weighted by molar-refractivity contribution is 5.80. The normalized spacial score (nSPS) is 19.4. The Morgan fingerprint density at radius 1 is 1.36 bits per heavy atom. The van der Waals surface area contributed by atoms with Gasteiger partial charge in [-0.05, 0) is 38.3 Å². The highest BCUT2D eigenvalue weighted by Gasteiger charge is 2.25. The lowest BCUT2D eigenvalue weighted by Crippen LogP contribution is -2.48. The van der Waals surface area contributed by atoms with E-state index in [-0.39, 0.29) is 6.10 Å². The van der Waals surface area contributed by atoms with Gasteiger partial charge in [0.1, 0.15) is 6.10 Å². The zero-order valence-electron chi connectivity index (χ0n) is 14.4. The fourth-order valence-corrected chi connectivity index (χ4v) is 2.86. The minimum absolute atomic E-state index is 0.125. The molecular weight excluding hydrogens is 274 g/mol. The first-order valence-corrected chi connectivity index (χ1v) is 8.37. The molecule has 1 aromatic carbocycles. The Morgan fingerprint density at radius 3 is 2.86 bits per heavy atom. The van der Waals surface area contributed by atoms with Gasteiger partial charge in [0.25, 0.3) is 0 Å². The predicted molar refractivity (Wildman–Crippen MR) is 92.5 cm³/mol. The molecule has 1 aliphatic heterocycles. The number of nitrogens with zero attached hydrogens (tertiary/aromatic N) is 2. The van der Waals surface area contributed by atoms with E-state index in [1.165, 1.54) is 16.7 Å². The van der Waals surface area contributed by atoms with E-state index < -0.39 is 0 Å². The zero-order chi connectivity index (χ0) is 15.9. The van der Waals surface area contributed by atoms with Crippen LogP contribution in [0.15, 0.2) is 23.2 Å². The Balaban J connectivity index is 2.13. The van der Waals surface area contributed by atoms with Crippen LogP contribution in [0.3, 0.4) is 0 Å². The fourth-order valence-electron chi connectivity index (χ4n) is 2.86. The van der Waals surface area contributed by atoms with E-state index in [2.05, 4.69) is 56.1 Å². The third-order valence-corrected chi connectivity index (χ3v) is 3.96. The number of hydrogen-bond donors (Lipinski definition) is 1. The van der Waals surface area contributed by atoms with Crippen molar-refractivity contribution in [2.75, 3.05) is 32.8 Å². The van der Waals surface area contributed by atoms with Gasteiger partial charge in [-0.15, -0.1) is 0 Å². The van der Waals surface area contributed by atoms with Crippen LogP contribution >= 0.6 is 0 Å². The molecule has 1 heterocycles. The summed E-state index contributed by atoms with van der Waals surface area (Å²) in [4.78, 5) is 7.02. The van der Waals surface area contributed by atoms with Crippen LogP contribution < -0.4 is 5.32 Å². The lowest BCUT2D eigenvalue weighted by Gasteiger charge is -2.36. The second kappa shape index (κ2) is 8.18. The predicted octanol–water partition coefficient (Wildman–Crippen LogP) is 3.05. The molecular formula is C18H29N3O. The number of aryl methyl sites for hydroxylation is 2. The van der Waals surface area contributed by atoms with Crippen molar-refractivity contribution >= 4 is 5.96 Å². The minimum Gasteiger partial charge on any atom is -0.370 e. The van der Waals surface area contributed by atoms with Crippen LogP contribution in [0.5, 0.6) is 0 Å². The Hall–Kier alpha value is -1.55. The van der Waals surface area contributed by atoms with Crippen LogP contribution in [0.2, 0.25) is 0 Å². The van der Waals surface area contributed by atoms with Gasteiger partial charge in [-0.25, -0.2) is 0 Å². The molecule has 0 saturated carbocycles. The van der Waals surface area contributed by atoms with E-state index in [4.69, 9.17) is 9.73 Å². The number of benzene rings is 1. The van der Waals surface area contributed by atoms with Gasteiger partial charge in [0.2, 0.25) is 0 Å². The monoisotopic (exact) mass is 303 g/mol. The Bertz CT molecular complexity index is 513. The molecule has 122 valence electrons. The lowest BCUT2D eigenvalue weighted by molar-refractivity contribution is -0.00833. The number of ether oxygens (including phenoxy) is 1. The summed E-state index contributed by atoms with van der Waals surface area (Å²) in [6.07, 6.45) is 1.19. The van der Waals surface area contributed by atoms with E-state index in [1.807, 2.05) is 0 Å². The molecule has 22 heavy (non-hydrogen) atoms. The van der Waals surface area contributed by atoms with E-state index in [0.717, 1.165) is 45.2 Å². The van der Waals surface area contributed by atoms with E-state index in [1.54, 1.807) is 0 Å². The van der Waals surface area contributed by atoms with Gasteiger partial charge >= 0.3 is 0 Å². The summed E-state index contributed by atoms with van der Waals surface area (Å²) in [6, 6.07) is 6.60. The third kappa shape index (κ3) is 4.23. The number of morpholine rings is 1. The summed E-state index contributed by atoms with van der Waals surface area (Å²) in [5, 5.41) is 3.40. The topological polar surface area (TPSA) is 36.9 Å². The van der Waals surface area contributed by atoms with Crippen LogP contribution in [-0.2, 0) is 4.74 Å². The SMILES string of the molecule is CCCN=C(NCC)N1CCOC(c2ccc(C)cc2C)C1. The van der Waals surface area contributed by atoms with Crippen LogP contribution in [0.4, 0.5) is 0 Å². The van der Waals surface area contributed by atoms with E-state index in [0.29, 0.717) is 0 Å². The Labute approximate surface area is 134 Å². The maximum Gasteiger partial charge on any atom is 0.194 e. The van der Waals surface area contributed by atoms with Crippen LogP contribution in [-0.4, -0.2) is 43.6 Å². The number of aliphatic imine (C=N–C) groups is 1. The lowest BCUT2D eigenvalue weighted by atomic mass is 10.00. The first-order valence-electron chi connectivity index (χ1n) is 8.37. The summed E-state index contributed by atoms with van der Waals surface area (Å²) in [5.41, 5.74) is 3.90.